The summed E-state index contributed by atoms with van der Waals surface area (Å²) >= 11 is 0. The van der Waals surface area contributed by atoms with Gasteiger partial charge in [-0.05, 0) is 12.1 Å². The average Bonchev–Trinajstić information content (AvgIpc) is 2.66. The second kappa shape index (κ2) is 4.13. The minimum atomic E-state index is -0.238. The molecule has 0 aliphatic carbocycles. The van der Waals surface area contributed by atoms with Gasteiger partial charge >= 0.3 is 0 Å². The van der Waals surface area contributed by atoms with E-state index in [9.17, 15) is 9.59 Å². The van der Waals surface area contributed by atoms with E-state index in [1.54, 1.807) is 0 Å². The monoisotopic (exact) mass is 204 g/mol. The molecule has 1 atom stereocenters. The summed E-state index contributed by atoms with van der Waals surface area (Å²) in [5, 5.41) is 5.41. The van der Waals surface area contributed by atoms with Crippen LogP contribution in [0.15, 0.2) is 30.3 Å². The first-order valence-corrected chi connectivity index (χ1v) is 4.88. The summed E-state index contributed by atoms with van der Waals surface area (Å²) in [7, 11) is 0. The van der Waals surface area contributed by atoms with Crippen LogP contribution in [0.3, 0.4) is 0 Å². The SMILES string of the molecule is O=C1CC(C(=O)Nc2ccccc2)CN1. The molecule has 4 heteroatoms. The summed E-state index contributed by atoms with van der Waals surface area (Å²) in [6.45, 7) is 0.442. The molecule has 4 nitrogen and oxygen atoms in total. The molecule has 0 bridgehead atoms. The molecule has 1 heterocycles. The van der Waals surface area contributed by atoms with Crippen LogP contribution in [0.2, 0.25) is 0 Å². The van der Waals surface area contributed by atoms with E-state index in [1.165, 1.54) is 0 Å². The van der Waals surface area contributed by atoms with Crippen LogP contribution in [0.25, 0.3) is 0 Å². The van der Waals surface area contributed by atoms with Crippen molar-refractivity contribution < 1.29 is 9.59 Å². The Bertz CT molecular complexity index is 375. The highest BCUT2D eigenvalue weighted by molar-refractivity contribution is 5.97. The lowest BCUT2D eigenvalue weighted by atomic mass is 10.1. The molecule has 15 heavy (non-hydrogen) atoms. The molecule has 2 rings (SSSR count). The fourth-order valence-corrected chi connectivity index (χ4v) is 1.56. The minimum Gasteiger partial charge on any atom is -0.355 e. The summed E-state index contributed by atoms with van der Waals surface area (Å²) in [5.74, 6) is -0.388. The third kappa shape index (κ3) is 2.34. The van der Waals surface area contributed by atoms with Crippen LogP contribution in [0.4, 0.5) is 5.69 Å². The fourth-order valence-electron chi connectivity index (χ4n) is 1.56. The molecule has 2 amide bonds. The Hall–Kier alpha value is -1.84. The second-order valence-electron chi connectivity index (χ2n) is 3.56. The van der Waals surface area contributed by atoms with Gasteiger partial charge in [0.15, 0.2) is 0 Å². The Labute approximate surface area is 87.7 Å². The molecule has 0 aromatic heterocycles. The largest absolute Gasteiger partial charge is 0.355 e. The molecule has 0 spiro atoms. The van der Waals surface area contributed by atoms with Crippen molar-refractivity contribution in [2.75, 3.05) is 11.9 Å². The smallest absolute Gasteiger partial charge is 0.229 e. The zero-order chi connectivity index (χ0) is 10.7. The van der Waals surface area contributed by atoms with Gasteiger partial charge in [0.25, 0.3) is 0 Å². The van der Waals surface area contributed by atoms with Gasteiger partial charge in [-0.25, -0.2) is 0 Å². The van der Waals surface area contributed by atoms with Crippen LogP contribution in [0.5, 0.6) is 0 Å². The molecule has 1 unspecified atom stereocenters. The number of benzene rings is 1. The highest BCUT2D eigenvalue weighted by Gasteiger charge is 2.27. The molecule has 1 aromatic rings. The van der Waals surface area contributed by atoms with Crippen molar-refractivity contribution in [3.63, 3.8) is 0 Å². The molecular weight excluding hydrogens is 192 g/mol. The van der Waals surface area contributed by atoms with Crippen molar-refractivity contribution in [2.45, 2.75) is 6.42 Å². The Kier molecular flexibility index (Phi) is 2.67. The number of rotatable bonds is 2. The van der Waals surface area contributed by atoms with Gasteiger partial charge in [-0.3, -0.25) is 9.59 Å². The van der Waals surface area contributed by atoms with E-state index in [1.807, 2.05) is 30.3 Å². The van der Waals surface area contributed by atoms with E-state index in [0.29, 0.717) is 13.0 Å². The summed E-state index contributed by atoms with van der Waals surface area (Å²) < 4.78 is 0. The maximum Gasteiger partial charge on any atom is 0.229 e. The van der Waals surface area contributed by atoms with Crippen LogP contribution in [-0.4, -0.2) is 18.4 Å². The van der Waals surface area contributed by atoms with Crippen LogP contribution < -0.4 is 10.6 Å². The van der Waals surface area contributed by atoms with Crippen molar-refractivity contribution in [3.8, 4) is 0 Å². The maximum atomic E-state index is 11.7. The molecule has 1 saturated heterocycles. The third-order valence-corrected chi connectivity index (χ3v) is 2.39. The van der Waals surface area contributed by atoms with Crippen molar-refractivity contribution in [1.29, 1.82) is 0 Å². The van der Waals surface area contributed by atoms with Crippen molar-refractivity contribution >= 4 is 17.5 Å². The van der Waals surface area contributed by atoms with Crippen molar-refractivity contribution in [1.82, 2.24) is 5.32 Å². The summed E-state index contributed by atoms with van der Waals surface area (Å²) in [5.41, 5.74) is 0.766. The summed E-state index contributed by atoms with van der Waals surface area (Å²) in [6, 6.07) is 9.24. The molecule has 1 aliphatic heterocycles. The van der Waals surface area contributed by atoms with Crippen molar-refractivity contribution in [2.24, 2.45) is 5.92 Å². The fraction of sp³-hybridized carbons (Fsp3) is 0.273. The number of para-hydroxylation sites is 1. The lowest BCUT2D eigenvalue weighted by molar-refractivity contribution is -0.123. The van der Waals surface area contributed by atoms with E-state index in [0.717, 1.165) is 5.69 Å². The van der Waals surface area contributed by atoms with E-state index < -0.39 is 0 Å². The lowest BCUT2D eigenvalue weighted by Gasteiger charge is -2.08. The topological polar surface area (TPSA) is 58.2 Å². The predicted molar refractivity (Wildman–Crippen MR) is 56.2 cm³/mol. The van der Waals surface area contributed by atoms with Crippen LogP contribution in [0, 0.1) is 5.92 Å². The Morgan fingerprint density at radius 3 is 2.67 bits per heavy atom. The van der Waals surface area contributed by atoms with Gasteiger partial charge in [0.1, 0.15) is 0 Å². The molecule has 1 aromatic carbocycles. The number of carbonyl (C=O) groups is 2. The second-order valence-corrected chi connectivity index (χ2v) is 3.56. The highest BCUT2D eigenvalue weighted by Crippen LogP contribution is 2.13. The number of hydrogen-bond donors (Lipinski definition) is 2. The lowest BCUT2D eigenvalue weighted by Crippen LogP contribution is -2.24. The number of hydrogen-bond acceptors (Lipinski definition) is 2. The molecule has 0 radical (unpaired) electrons. The average molecular weight is 204 g/mol. The van der Waals surface area contributed by atoms with Crippen LogP contribution in [-0.2, 0) is 9.59 Å². The third-order valence-electron chi connectivity index (χ3n) is 2.39. The molecule has 1 fully saturated rings. The molecule has 0 saturated carbocycles. The molecule has 2 N–H and O–H groups in total. The summed E-state index contributed by atoms with van der Waals surface area (Å²) in [4.78, 5) is 22.6. The zero-order valence-corrected chi connectivity index (χ0v) is 8.19. The minimum absolute atomic E-state index is 0.0526. The number of nitrogens with one attached hydrogen (secondary N) is 2. The van der Waals surface area contributed by atoms with Gasteiger partial charge in [-0.15, -0.1) is 0 Å². The van der Waals surface area contributed by atoms with Gasteiger partial charge in [0, 0.05) is 18.7 Å². The van der Waals surface area contributed by atoms with Gasteiger partial charge in [-0.2, -0.15) is 0 Å². The predicted octanol–water partition coefficient (Wildman–Crippen LogP) is 0.761. The Balaban J connectivity index is 1.96. The summed E-state index contributed by atoms with van der Waals surface area (Å²) in [6.07, 6.45) is 0.290. The number of carbonyl (C=O) groups excluding carboxylic acids is 2. The number of amides is 2. The normalized spacial score (nSPS) is 19.7. The van der Waals surface area contributed by atoms with Crippen LogP contribution in [0.1, 0.15) is 6.42 Å². The first kappa shape index (κ1) is 9.71. The Morgan fingerprint density at radius 1 is 1.33 bits per heavy atom. The van der Waals surface area contributed by atoms with E-state index in [2.05, 4.69) is 10.6 Å². The molecule has 78 valence electrons. The van der Waals surface area contributed by atoms with E-state index >= 15 is 0 Å². The Morgan fingerprint density at radius 2 is 2.07 bits per heavy atom. The maximum absolute atomic E-state index is 11.7. The number of anilines is 1. The van der Waals surface area contributed by atoms with Gasteiger partial charge < -0.3 is 10.6 Å². The first-order valence-electron chi connectivity index (χ1n) is 4.88. The van der Waals surface area contributed by atoms with Crippen molar-refractivity contribution in [3.05, 3.63) is 30.3 Å². The van der Waals surface area contributed by atoms with Gasteiger partial charge in [0.2, 0.25) is 11.8 Å². The van der Waals surface area contributed by atoms with Crippen LogP contribution >= 0.6 is 0 Å². The van der Waals surface area contributed by atoms with E-state index in [-0.39, 0.29) is 17.7 Å². The zero-order valence-electron chi connectivity index (χ0n) is 8.19. The highest BCUT2D eigenvalue weighted by atomic mass is 16.2. The standard InChI is InChI=1S/C11H12N2O2/c14-10-6-8(7-12-10)11(15)13-9-4-2-1-3-5-9/h1-5,8H,6-7H2,(H,12,14)(H,13,15). The molecular formula is C11H12N2O2. The molecule has 1 aliphatic rings. The van der Waals surface area contributed by atoms with Gasteiger partial charge in [0.05, 0.1) is 5.92 Å². The first-order chi connectivity index (χ1) is 7.25. The van der Waals surface area contributed by atoms with E-state index in [4.69, 9.17) is 0 Å². The van der Waals surface area contributed by atoms with Gasteiger partial charge in [-0.1, -0.05) is 18.2 Å². The quantitative estimate of drug-likeness (QED) is 0.747.